The van der Waals surface area contributed by atoms with Gasteiger partial charge >= 0.3 is 0 Å². The average Bonchev–Trinajstić information content (AvgIpc) is 2.61. The van der Waals surface area contributed by atoms with E-state index >= 15 is 0 Å². The van der Waals surface area contributed by atoms with Crippen molar-refractivity contribution in [3.8, 4) is 17.2 Å². The van der Waals surface area contributed by atoms with Crippen molar-refractivity contribution in [2.24, 2.45) is 0 Å². The van der Waals surface area contributed by atoms with Gasteiger partial charge in [0.05, 0.1) is 7.11 Å². The molecule has 1 amide bonds. The van der Waals surface area contributed by atoms with Crippen LogP contribution in [0.5, 0.6) is 11.5 Å². The van der Waals surface area contributed by atoms with Crippen LogP contribution in [0.3, 0.4) is 0 Å². The Morgan fingerprint density at radius 1 is 1.27 bits per heavy atom. The van der Waals surface area contributed by atoms with Gasteiger partial charge in [-0.1, -0.05) is 23.7 Å². The summed E-state index contributed by atoms with van der Waals surface area (Å²) < 4.78 is 6.18. The molecule has 8 nitrogen and oxygen atoms in total. The van der Waals surface area contributed by atoms with E-state index in [1.807, 2.05) is 0 Å². The van der Waals surface area contributed by atoms with Gasteiger partial charge < -0.3 is 15.2 Å². The number of pyridine rings is 1. The van der Waals surface area contributed by atoms with Crippen molar-refractivity contribution in [2.75, 3.05) is 12.4 Å². The number of anilines is 1. The van der Waals surface area contributed by atoms with Gasteiger partial charge in [0.2, 0.25) is 0 Å². The second kappa shape index (κ2) is 7.24. The Bertz CT molecular complexity index is 1040. The monoisotopic (exact) mass is 372 g/mol. The molecule has 0 bridgehead atoms. The SMILES string of the molecule is COc1ccccc1-n1nc(C(=O)Nc2cc(Cl)ccn2)c(O)cc1=O. The molecule has 9 heteroatoms. The number of halogens is 1. The number of nitrogens with zero attached hydrogens (tertiary/aromatic N) is 3. The van der Waals surface area contributed by atoms with Crippen molar-refractivity contribution in [2.45, 2.75) is 0 Å². The van der Waals surface area contributed by atoms with Crippen LogP contribution in [0.2, 0.25) is 5.02 Å². The van der Waals surface area contributed by atoms with Crippen molar-refractivity contribution in [1.82, 2.24) is 14.8 Å². The Kier molecular flexibility index (Phi) is 4.85. The largest absolute Gasteiger partial charge is 0.505 e. The minimum absolute atomic E-state index is 0.179. The Labute approximate surface area is 152 Å². The van der Waals surface area contributed by atoms with Crippen molar-refractivity contribution in [1.29, 1.82) is 0 Å². The molecule has 0 fully saturated rings. The predicted octanol–water partition coefficient (Wildman–Crippen LogP) is 2.25. The Balaban J connectivity index is 2.03. The molecule has 132 valence electrons. The molecule has 2 aromatic heterocycles. The summed E-state index contributed by atoms with van der Waals surface area (Å²) in [5.74, 6) is -0.740. The second-order valence-corrected chi connectivity index (χ2v) is 5.55. The third-order valence-electron chi connectivity index (χ3n) is 3.40. The maximum Gasteiger partial charge on any atom is 0.281 e. The van der Waals surface area contributed by atoms with Crippen LogP contribution in [0, 0.1) is 0 Å². The molecule has 3 rings (SSSR count). The predicted molar refractivity (Wildman–Crippen MR) is 95.3 cm³/mol. The highest BCUT2D eigenvalue weighted by atomic mass is 35.5. The number of amides is 1. The van der Waals surface area contributed by atoms with E-state index in [0.29, 0.717) is 16.5 Å². The van der Waals surface area contributed by atoms with Crippen molar-refractivity contribution >= 4 is 23.3 Å². The summed E-state index contributed by atoms with van der Waals surface area (Å²) in [5.41, 5.74) is -0.642. The van der Waals surface area contributed by atoms with Gasteiger partial charge in [0.25, 0.3) is 11.5 Å². The van der Waals surface area contributed by atoms with Gasteiger partial charge in [0, 0.05) is 17.3 Å². The number of carbonyl (C=O) groups excluding carboxylic acids is 1. The van der Waals surface area contributed by atoms with Gasteiger partial charge in [0.1, 0.15) is 17.3 Å². The van der Waals surface area contributed by atoms with Crippen LogP contribution in [0.15, 0.2) is 53.5 Å². The first-order valence-electron chi connectivity index (χ1n) is 7.39. The first-order valence-corrected chi connectivity index (χ1v) is 7.77. The highest BCUT2D eigenvalue weighted by molar-refractivity contribution is 6.30. The Morgan fingerprint density at radius 3 is 2.77 bits per heavy atom. The topological polar surface area (TPSA) is 106 Å². The smallest absolute Gasteiger partial charge is 0.281 e. The summed E-state index contributed by atoms with van der Waals surface area (Å²) in [6.07, 6.45) is 1.42. The van der Waals surface area contributed by atoms with Crippen LogP contribution in [-0.2, 0) is 0 Å². The van der Waals surface area contributed by atoms with E-state index in [0.717, 1.165) is 10.7 Å². The van der Waals surface area contributed by atoms with Gasteiger partial charge in [0.15, 0.2) is 11.4 Å². The lowest BCUT2D eigenvalue weighted by atomic mass is 10.3. The van der Waals surface area contributed by atoms with Gasteiger partial charge in [-0.25, -0.2) is 4.98 Å². The number of aromatic nitrogens is 3. The van der Waals surface area contributed by atoms with Crippen LogP contribution in [0.25, 0.3) is 5.69 Å². The summed E-state index contributed by atoms with van der Waals surface area (Å²) in [4.78, 5) is 28.6. The summed E-state index contributed by atoms with van der Waals surface area (Å²) in [7, 11) is 1.45. The molecule has 2 heterocycles. The first kappa shape index (κ1) is 17.4. The standard InChI is InChI=1S/C17H13ClN4O4/c1-26-13-5-3-2-4-11(13)22-15(24)9-12(23)16(21-22)17(25)20-14-8-10(18)6-7-19-14/h2-9,23H,1H3,(H,19,20,25). The minimum Gasteiger partial charge on any atom is -0.505 e. The van der Waals surface area contributed by atoms with Crippen LogP contribution in [0.1, 0.15) is 10.5 Å². The third-order valence-corrected chi connectivity index (χ3v) is 3.64. The normalized spacial score (nSPS) is 10.4. The van der Waals surface area contributed by atoms with Crippen molar-refractivity contribution in [3.63, 3.8) is 0 Å². The zero-order valence-corrected chi connectivity index (χ0v) is 14.3. The highest BCUT2D eigenvalue weighted by Crippen LogP contribution is 2.22. The molecule has 0 atom stereocenters. The lowest BCUT2D eigenvalue weighted by molar-refractivity contribution is 0.101. The summed E-state index contributed by atoms with van der Waals surface area (Å²) >= 11 is 5.85. The van der Waals surface area contributed by atoms with Gasteiger partial charge in [-0.15, -0.1) is 0 Å². The maximum absolute atomic E-state index is 12.4. The summed E-state index contributed by atoms with van der Waals surface area (Å²) in [6, 6.07) is 10.6. The molecule has 0 spiro atoms. The molecule has 0 saturated carbocycles. The molecule has 2 N–H and O–H groups in total. The van der Waals surface area contributed by atoms with E-state index < -0.39 is 17.2 Å². The first-order chi connectivity index (χ1) is 12.5. The van der Waals surface area contributed by atoms with E-state index in [-0.39, 0.29) is 11.5 Å². The number of para-hydroxylation sites is 2. The number of hydrogen-bond donors (Lipinski definition) is 2. The van der Waals surface area contributed by atoms with Crippen LogP contribution in [-0.4, -0.2) is 32.9 Å². The van der Waals surface area contributed by atoms with E-state index in [4.69, 9.17) is 16.3 Å². The van der Waals surface area contributed by atoms with Crippen LogP contribution in [0.4, 0.5) is 5.82 Å². The molecular formula is C17H13ClN4O4. The molecule has 0 aliphatic rings. The van der Waals surface area contributed by atoms with Gasteiger partial charge in [-0.05, 0) is 24.3 Å². The number of hydrogen-bond acceptors (Lipinski definition) is 6. The van der Waals surface area contributed by atoms with Crippen LogP contribution < -0.4 is 15.6 Å². The van der Waals surface area contributed by atoms with E-state index in [9.17, 15) is 14.7 Å². The van der Waals surface area contributed by atoms with E-state index in [1.165, 1.54) is 19.4 Å². The highest BCUT2D eigenvalue weighted by Gasteiger charge is 2.18. The number of nitrogens with one attached hydrogen (secondary N) is 1. The second-order valence-electron chi connectivity index (χ2n) is 5.11. The van der Waals surface area contributed by atoms with Gasteiger partial charge in [-0.2, -0.15) is 9.78 Å². The fourth-order valence-corrected chi connectivity index (χ4v) is 2.39. The van der Waals surface area contributed by atoms with Gasteiger partial charge in [-0.3, -0.25) is 9.59 Å². The van der Waals surface area contributed by atoms with E-state index in [1.54, 1.807) is 30.3 Å². The maximum atomic E-state index is 12.4. The number of benzene rings is 1. The average molecular weight is 373 g/mol. The van der Waals surface area contributed by atoms with Crippen LogP contribution >= 0.6 is 11.6 Å². The molecule has 0 unspecified atom stereocenters. The number of ether oxygens (including phenoxy) is 1. The minimum atomic E-state index is -0.749. The summed E-state index contributed by atoms with van der Waals surface area (Å²) in [6.45, 7) is 0. The Hall–Kier alpha value is -3.39. The number of aromatic hydroxyl groups is 1. The third kappa shape index (κ3) is 3.50. The molecular weight excluding hydrogens is 360 g/mol. The number of carbonyl (C=O) groups is 1. The molecule has 0 saturated heterocycles. The molecule has 0 aliphatic carbocycles. The lowest BCUT2D eigenvalue weighted by Gasteiger charge is -2.11. The Morgan fingerprint density at radius 2 is 2.04 bits per heavy atom. The fourth-order valence-electron chi connectivity index (χ4n) is 2.23. The van der Waals surface area contributed by atoms with E-state index in [2.05, 4.69) is 15.4 Å². The molecule has 26 heavy (non-hydrogen) atoms. The van der Waals surface area contributed by atoms with Crippen molar-refractivity contribution < 1.29 is 14.6 Å². The molecule has 1 aromatic carbocycles. The number of rotatable bonds is 4. The number of methoxy groups -OCH3 is 1. The quantitative estimate of drug-likeness (QED) is 0.727. The molecule has 0 radical (unpaired) electrons. The summed E-state index contributed by atoms with van der Waals surface area (Å²) in [5, 5.41) is 16.8. The lowest BCUT2D eigenvalue weighted by Crippen LogP contribution is -2.25. The zero-order valence-electron chi connectivity index (χ0n) is 13.5. The molecule has 3 aromatic rings. The van der Waals surface area contributed by atoms with Crippen molar-refractivity contribution in [3.05, 3.63) is 69.7 Å². The molecule has 0 aliphatic heterocycles. The fraction of sp³-hybridized carbons (Fsp3) is 0.0588. The zero-order chi connectivity index (χ0) is 18.7.